The van der Waals surface area contributed by atoms with Crippen molar-refractivity contribution in [1.29, 1.82) is 0 Å². The van der Waals surface area contributed by atoms with E-state index in [-0.39, 0.29) is 5.75 Å². The van der Waals surface area contributed by atoms with Gasteiger partial charge in [0.25, 0.3) is 0 Å². The van der Waals surface area contributed by atoms with Crippen LogP contribution in [0.25, 0.3) is 0 Å². The van der Waals surface area contributed by atoms with Gasteiger partial charge in [-0.2, -0.15) is 0 Å². The molecule has 0 amide bonds. The highest BCUT2D eigenvalue weighted by Crippen LogP contribution is 2.15. The molecule has 5 nitrogen and oxygen atoms in total. The lowest BCUT2D eigenvalue weighted by Gasteiger charge is -2.11. The van der Waals surface area contributed by atoms with Gasteiger partial charge in [0, 0.05) is 18.4 Å². The topological polar surface area (TPSA) is 85.1 Å². The Morgan fingerprint density at radius 2 is 1.90 bits per heavy atom. The molecular weight excluding hydrogens is 274 g/mol. The Balaban J connectivity index is 2.19. The number of benzene rings is 1. The summed E-state index contributed by atoms with van der Waals surface area (Å²) in [7, 11) is -3.47. The molecule has 106 valence electrons. The first-order valence-electron chi connectivity index (χ1n) is 6.20. The number of sulfonamides is 1. The van der Waals surface area contributed by atoms with Gasteiger partial charge in [-0.1, -0.05) is 24.3 Å². The Morgan fingerprint density at radius 1 is 1.20 bits per heavy atom. The van der Waals surface area contributed by atoms with Crippen molar-refractivity contribution in [3.05, 3.63) is 59.4 Å². The van der Waals surface area contributed by atoms with Gasteiger partial charge in [-0.15, -0.1) is 0 Å². The average Bonchev–Trinajstić information content (AvgIpc) is 2.38. The molecule has 0 aliphatic rings. The van der Waals surface area contributed by atoms with Crippen LogP contribution in [-0.2, 0) is 22.3 Å². The van der Waals surface area contributed by atoms with Crippen molar-refractivity contribution in [3.8, 4) is 0 Å². The predicted molar refractivity (Wildman–Crippen MR) is 79.6 cm³/mol. The van der Waals surface area contributed by atoms with Gasteiger partial charge in [0.05, 0.1) is 11.4 Å². The smallest absolute Gasteiger partial charge is 0.236 e. The summed E-state index contributed by atoms with van der Waals surface area (Å²) in [5.74, 6) is -0.0955. The number of nitrogens with zero attached hydrogens (tertiary/aromatic N) is 1. The maximum Gasteiger partial charge on any atom is 0.236 e. The third kappa shape index (κ3) is 3.79. The molecule has 0 spiro atoms. The summed E-state index contributed by atoms with van der Waals surface area (Å²) in [6.07, 6.45) is 1.57. The lowest BCUT2D eigenvalue weighted by Crippen LogP contribution is -2.16. The van der Waals surface area contributed by atoms with Gasteiger partial charge in [-0.05, 0) is 30.2 Å². The van der Waals surface area contributed by atoms with Crippen LogP contribution in [0.2, 0.25) is 0 Å². The zero-order chi connectivity index (χ0) is 14.6. The second kappa shape index (κ2) is 6.02. The van der Waals surface area contributed by atoms with Crippen molar-refractivity contribution < 1.29 is 8.42 Å². The van der Waals surface area contributed by atoms with E-state index < -0.39 is 10.0 Å². The molecule has 0 bridgehead atoms. The highest BCUT2D eigenvalue weighted by molar-refractivity contribution is 7.91. The molecule has 0 atom stereocenters. The molecule has 0 fully saturated rings. The SMILES string of the molecule is Cc1cc(NS(=O)(=O)Cc2ccccc2CN)ccn1. The standard InChI is InChI=1S/C14H17N3O2S/c1-11-8-14(6-7-16-11)17-20(18,19)10-13-5-3-2-4-12(13)9-15/h2-8H,9-10,15H2,1H3,(H,16,17). The summed E-state index contributed by atoms with van der Waals surface area (Å²) in [5, 5.41) is 0. The molecule has 3 N–H and O–H groups in total. The second-order valence-electron chi connectivity index (χ2n) is 4.52. The third-order valence-electron chi connectivity index (χ3n) is 2.85. The fourth-order valence-electron chi connectivity index (χ4n) is 1.93. The highest BCUT2D eigenvalue weighted by Gasteiger charge is 2.14. The number of nitrogens with two attached hydrogens (primary N) is 1. The maximum absolute atomic E-state index is 12.2. The number of nitrogens with one attached hydrogen (secondary N) is 1. The van der Waals surface area contributed by atoms with Crippen molar-refractivity contribution in [3.63, 3.8) is 0 Å². The summed E-state index contributed by atoms with van der Waals surface area (Å²) >= 11 is 0. The molecule has 0 aliphatic carbocycles. The number of rotatable bonds is 5. The van der Waals surface area contributed by atoms with Crippen molar-refractivity contribution in [2.75, 3.05) is 4.72 Å². The van der Waals surface area contributed by atoms with Gasteiger partial charge in [-0.25, -0.2) is 8.42 Å². The van der Waals surface area contributed by atoms with Crippen LogP contribution in [0.15, 0.2) is 42.6 Å². The minimum atomic E-state index is -3.47. The lowest BCUT2D eigenvalue weighted by atomic mass is 10.1. The quantitative estimate of drug-likeness (QED) is 0.879. The van der Waals surface area contributed by atoms with E-state index in [4.69, 9.17) is 5.73 Å². The van der Waals surface area contributed by atoms with Crippen LogP contribution in [0.1, 0.15) is 16.8 Å². The van der Waals surface area contributed by atoms with E-state index >= 15 is 0 Å². The van der Waals surface area contributed by atoms with Gasteiger partial charge < -0.3 is 5.73 Å². The van der Waals surface area contributed by atoms with Gasteiger partial charge in [-0.3, -0.25) is 9.71 Å². The van der Waals surface area contributed by atoms with E-state index in [1.54, 1.807) is 30.5 Å². The number of anilines is 1. The summed E-state index contributed by atoms with van der Waals surface area (Å²) in [4.78, 5) is 4.03. The second-order valence-corrected chi connectivity index (χ2v) is 6.24. The van der Waals surface area contributed by atoms with Crippen LogP contribution in [0, 0.1) is 6.92 Å². The zero-order valence-corrected chi connectivity index (χ0v) is 12.0. The lowest BCUT2D eigenvalue weighted by molar-refractivity contribution is 0.600. The van der Waals surface area contributed by atoms with E-state index in [1.807, 2.05) is 19.1 Å². The molecular formula is C14H17N3O2S. The molecule has 6 heteroatoms. The van der Waals surface area contributed by atoms with E-state index in [9.17, 15) is 8.42 Å². The van der Waals surface area contributed by atoms with E-state index in [2.05, 4.69) is 9.71 Å². The molecule has 2 rings (SSSR count). The number of aromatic nitrogens is 1. The number of aryl methyl sites for hydroxylation is 1. The molecule has 1 aromatic heterocycles. The van der Waals surface area contributed by atoms with E-state index in [0.717, 1.165) is 11.3 Å². The fraction of sp³-hybridized carbons (Fsp3) is 0.214. The first-order chi connectivity index (χ1) is 9.50. The summed E-state index contributed by atoms with van der Waals surface area (Å²) in [6.45, 7) is 2.13. The summed E-state index contributed by atoms with van der Waals surface area (Å²) in [6, 6.07) is 10.6. The Kier molecular flexibility index (Phi) is 4.36. The molecule has 1 aromatic carbocycles. The minimum Gasteiger partial charge on any atom is -0.326 e. The Hall–Kier alpha value is -1.92. The van der Waals surface area contributed by atoms with Crippen molar-refractivity contribution in [2.45, 2.75) is 19.2 Å². The Morgan fingerprint density at radius 3 is 2.55 bits per heavy atom. The highest BCUT2D eigenvalue weighted by atomic mass is 32.2. The molecule has 0 aliphatic heterocycles. The van der Waals surface area contributed by atoms with Gasteiger partial charge >= 0.3 is 0 Å². The zero-order valence-electron chi connectivity index (χ0n) is 11.2. The molecule has 0 saturated heterocycles. The minimum absolute atomic E-state index is 0.0955. The normalized spacial score (nSPS) is 11.3. The number of pyridine rings is 1. The average molecular weight is 291 g/mol. The van der Waals surface area contributed by atoms with Crippen molar-refractivity contribution in [1.82, 2.24) is 4.98 Å². The van der Waals surface area contributed by atoms with E-state index in [1.165, 1.54) is 0 Å². The Bertz CT molecular complexity index is 699. The molecule has 20 heavy (non-hydrogen) atoms. The van der Waals surface area contributed by atoms with Crippen LogP contribution in [0.4, 0.5) is 5.69 Å². The first kappa shape index (κ1) is 14.5. The largest absolute Gasteiger partial charge is 0.326 e. The fourth-order valence-corrected chi connectivity index (χ4v) is 3.18. The van der Waals surface area contributed by atoms with Crippen LogP contribution in [-0.4, -0.2) is 13.4 Å². The summed E-state index contributed by atoms with van der Waals surface area (Å²) in [5.41, 5.74) is 8.44. The van der Waals surface area contributed by atoms with Crippen LogP contribution < -0.4 is 10.5 Å². The number of hydrogen-bond acceptors (Lipinski definition) is 4. The molecule has 0 unspecified atom stereocenters. The molecule has 2 aromatic rings. The van der Waals surface area contributed by atoms with E-state index in [0.29, 0.717) is 17.8 Å². The van der Waals surface area contributed by atoms with Crippen LogP contribution >= 0.6 is 0 Å². The Labute approximate surface area is 118 Å². The van der Waals surface area contributed by atoms with Crippen molar-refractivity contribution in [2.24, 2.45) is 5.73 Å². The summed E-state index contributed by atoms with van der Waals surface area (Å²) < 4.78 is 26.9. The predicted octanol–water partition coefficient (Wildman–Crippen LogP) is 1.79. The monoisotopic (exact) mass is 291 g/mol. The molecule has 0 radical (unpaired) electrons. The maximum atomic E-state index is 12.2. The first-order valence-corrected chi connectivity index (χ1v) is 7.85. The molecule has 1 heterocycles. The van der Waals surface area contributed by atoms with Gasteiger partial charge in [0.15, 0.2) is 0 Å². The van der Waals surface area contributed by atoms with Gasteiger partial charge in [0.2, 0.25) is 10.0 Å². The van der Waals surface area contributed by atoms with Crippen LogP contribution in [0.5, 0.6) is 0 Å². The molecule has 0 saturated carbocycles. The van der Waals surface area contributed by atoms with Gasteiger partial charge in [0.1, 0.15) is 0 Å². The third-order valence-corrected chi connectivity index (χ3v) is 4.09. The number of hydrogen-bond donors (Lipinski definition) is 2. The van der Waals surface area contributed by atoms with Crippen molar-refractivity contribution >= 4 is 15.7 Å². The van der Waals surface area contributed by atoms with Crippen LogP contribution in [0.3, 0.4) is 0 Å².